The Kier molecular flexibility index (Phi) is 4.06. The summed E-state index contributed by atoms with van der Waals surface area (Å²) in [5.41, 5.74) is 5.68. The number of aromatic amines is 1. The van der Waals surface area contributed by atoms with Gasteiger partial charge in [0.1, 0.15) is 0 Å². The molecule has 2 heterocycles. The molecule has 0 atom stereocenters. The first-order chi connectivity index (χ1) is 10.6. The van der Waals surface area contributed by atoms with E-state index in [1.807, 2.05) is 17.8 Å². The zero-order chi connectivity index (χ0) is 15.5. The zero-order valence-corrected chi connectivity index (χ0v) is 13.2. The third kappa shape index (κ3) is 3.43. The number of rotatable bonds is 5. The Morgan fingerprint density at radius 3 is 2.59 bits per heavy atom. The molecule has 5 nitrogen and oxygen atoms in total. The van der Waals surface area contributed by atoms with Crippen LogP contribution in [0.15, 0.2) is 42.7 Å². The molecular weight excluding hydrogens is 274 g/mol. The molecule has 0 aliphatic carbocycles. The van der Waals surface area contributed by atoms with E-state index in [9.17, 15) is 0 Å². The number of benzene rings is 1. The van der Waals surface area contributed by atoms with Crippen molar-refractivity contribution in [2.45, 2.75) is 26.9 Å². The molecule has 0 fully saturated rings. The summed E-state index contributed by atoms with van der Waals surface area (Å²) in [5.74, 6) is 0. The molecular formula is C17H21N5. The van der Waals surface area contributed by atoms with E-state index in [1.54, 1.807) is 0 Å². The second-order valence-corrected chi connectivity index (χ2v) is 5.84. The Morgan fingerprint density at radius 2 is 1.91 bits per heavy atom. The minimum atomic E-state index is 0.819. The lowest BCUT2D eigenvalue weighted by Gasteiger charge is -2.13. The maximum absolute atomic E-state index is 4.45. The predicted octanol–water partition coefficient (Wildman–Crippen LogP) is 2.84. The Morgan fingerprint density at radius 1 is 1.14 bits per heavy atom. The summed E-state index contributed by atoms with van der Waals surface area (Å²) in [6.07, 6.45) is 4.00. The van der Waals surface area contributed by atoms with Gasteiger partial charge in [0.15, 0.2) is 0 Å². The smallest absolute Gasteiger partial charge is 0.0765 e. The van der Waals surface area contributed by atoms with E-state index in [4.69, 9.17) is 0 Å². The Hall–Kier alpha value is -2.40. The van der Waals surface area contributed by atoms with E-state index in [-0.39, 0.29) is 0 Å². The van der Waals surface area contributed by atoms with Crippen molar-refractivity contribution in [3.63, 3.8) is 0 Å². The van der Waals surface area contributed by atoms with Gasteiger partial charge in [0.25, 0.3) is 0 Å². The molecule has 0 unspecified atom stereocenters. The zero-order valence-electron chi connectivity index (χ0n) is 13.2. The van der Waals surface area contributed by atoms with Crippen LogP contribution in [-0.2, 0) is 13.1 Å². The molecule has 0 bridgehead atoms. The summed E-state index contributed by atoms with van der Waals surface area (Å²) >= 11 is 0. The molecule has 0 aliphatic rings. The van der Waals surface area contributed by atoms with Crippen LogP contribution in [0.1, 0.15) is 22.5 Å². The fraction of sp³-hybridized carbons (Fsp3) is 0.294. The topological polar surface area (TPSA) is 49.7 Å². The number of H-pyrrole nitrogens is 1. The molecule has 0 saturated heterocycles. The monoisotopic (exact) mass is 295 g/mol. The first-order valence-corrected chi connectivity index (χ1v) is 7.40. The summed E-state index contributed by atoms with van der Waals surface area (Å²) in [6, 6.07) is 10.4. The van der Waals surface area contributed by atoms with Crippen molar-refractivity contribution in [3.8, 4) is 5.69 Å². The van der Waals surface area contributed by atoms with Gasteiger partial charge in [-0.2, -0.15) is 10.2 Å². The van der Waals surface area contributed by atoms with Crippen LogP contribution < -0.4 is 0 Å². The third-order valence-corrected chi connectivity index (χ3v) is 3.58. The minimum Gasteiger partial charge on any atom is -0.296 e. The largest absolute Gasteiger partial charge is 0.296 e. The van der Waals surface area contributed by atoms with Crippen LogP contribution in [-0.4, -0.2) is 31.9 Å². The highest BCUT2D eigenvalue weighted by Gasteiger charge is 2.07. The van der Waals surface area contributed by atoms with Crippen LogP contribution in [0.4, 0.5) is 0 Å². The molecule has 2 aromatic heterocycles. The number of hydrogen-bond acceptors (Lipinski definition) is 3. The van der Waals surface area contributed by atoms with E-state index in [0.717, 1.165) is 30.2 Å². The summed E-state index contributed by atoms with van der Waals surface area (Å²) in [6.45, 7) is 5.77. The average Bonchev–Trinajstić information content (AvgIpc) is 3.09. The molecule has 1 aromatic carbocycles. The Bertz CT molecular complexity index is 739. The summed E-state index contributed by atoms with van der Waals surface area (Å²) in [4.78, 5) is 2.23. The highest BCUT2D eigenvalue weighted by Crippen LogP contribution is 2.12. The molecule has 0 saturated carbocycles. The maximum Gasteiger partial charge on any atom is 0.0765 e. The van der Waals surface area contributed by atoms with Gasteiger partial charge in [-0.3, -0.25) is 10.00 Å². The van der Waals surface area contributed by atoms with Crippen molar-refractivity contribution in [1.29, 1.82) is 0 Å². The van der Waals surface area contributed by atoms with Gasteiger partial charge < -0.3 is 0 Å². The lowest BCUT2D eigenvalue weighted by atomic mass is 10.2. The van der Waals surface area contributed by atoms with E-state index in [1.165, 1.54) is 11.1 Å². The number of aryl methyl sites for hydroxylation is 2. The molecule has 3 aromatic rings. The van der Waals surface area contributed by atoms with Crippen molar-refractivity contribution in [1.82, 2.24) is 24.9 Å². The summed E-state index contributed by atoms with van der Waals surface area (Å²) in [7, 11) is 2.09. The number of nitrogens with zero attached hydrogens (tertiary/aromatic N) is 4. The molecule has 3 rings (SSSR count). The van der Waals surface area contributed by atoms with E-state index >= 15 is 0 Å². The van der Waals surface area contributed by atoms with Crippen molar-refractivity contribution < 1.29 is 0 Å². The average molecular weight is 295 g/mol. The summed E-state index contributed by atoms with van der Waals surface area (Å²) < 4.78 is 1.92. The van der Waals surface area contributed by atoms with E-state index < -0.39 is 0 Å². The number of hydrogen-bond donors (Lipinski definition) is 1. The van der Waals surface area contributed by atoms with Gasteiger partial charge in [-0.1, -0.05) is 17.7 Å². The predicted molar refractivity (Wildman–Crippen MR) is 86.8 cm³/mol. The van der Waals surface area contributed by atoms with Gasteiger partial charge in [0.05, 0.1) is 17.6 Å². The van der Waals surface area contributed by atoms with Gasteiger partial charge in [0, 0.05) is 30.5 Å². The maximum atomic E-state index is 4.45. The van der Waals surface area contributed by atoms with Crippen LogP contribution in [0.3, 0.4) is 0 Å². The van der Waals surface area contributed by atoms with E-state index in [0.29, 0.717) is 0 Å². The fourth-order valence-corrected chi connectivity index (χ4v) is 2.48. The normalized spacial score (nSPS) is 11.3. The van der Waals surface area contributed by atoms with Gasteiger partial charge in [0.2, 0.25) is 0 Å². The van der Waals surface area contributed by atoms with Gasteiger partial charge in [-0.15, -0.1) is 0 Å². The Balaban J connectivity index is 1.65. The highest BCUT2D eigenvalue weighted by atomic mass is 15.3. The lowest BCUT2D eigenvalue weighted by molar-refractivity contribution is 0.315. The van der Waals surface area contributed by atoms with Crippen LogP contribution in [0, 0.1) is 13.8 Å². The van der Waals surface area contributed by atoms with E-state index in [2.05, 4.69) is 70.7 Å². The molecule has 1 N–H and O–H groups in total. The van der Waals surface area contributed by atoms with Crippen LogP contribution >= 0.6 is 0 Å². The molecule has 0 amide bonds. The van der Waals surface area contributed by atoms with Gasteiger partial charge >= 0.3 is 0 Å². The number of nitrogens with one attached hydrogen (secondary N) is 1. The molecule has 0 aliphatic heterocycles. The molecule has 0 radical (unpaired) electrons. The number of aromatic nitrogens is 4. The first kappa shape index (κ1) is 14.5. The lowest BCUT2D eigenvalue weighted by Crippen LogP contribution is -2.17. The standard InChI is InChI=1S/C17H21N5/c1-13-4-6-17(7-5-13)22-11-15(9-18-22)10-21(3)12-16-8-14(2)19-20-16/h4-9,11H,10,12H2,1-3H3,(H,19,20). The molecule has 22 heavy (non-hydrogen) atoms. The second-order valence-electron chi connectivity index (χ2n) is 5.84. The van der Waals surface area contributed by atoms with Crippen molar-refractivity contribution in [3.05, 3.63) is 65.2 Å². The van der Waals surface area contributed by atoms with Crippen LogP contribution in [0.25, 0.3) is 5.69 Å². The SMILES string of the molecule is Cc1ccc(-n2cc(CN(C)Cc3cc(C)[nH]n3)cn2)cc1. The van der Waals surface area contributed by atoms with Gasteiger partial charge in [-0.05, 0) is 39.1 Å². The Labute approximate surface area is 130 Å². The van der Waals surface area contributed by atoms with Crippen LogP contribution in [0.5, 0.6) is 0 Å². The fourth-order valence-electron chi connectivity index (χ4n) is 2.48. The van der Waals surface area contributed by atoms with Crippen molar-refractivity contribution in [2.75, 3.05) is 7.05 Å². The first-order valence-electron chi connectivity index (χ1n) is 7.40. The van der Waals surface area contributed by atoms with Crippen molar-refractivity contribution >= 4 is 0 Å². The molecule has 5 heteroatoms. The molecule has 114 valence electrons. The van der Waals surface area contributed by atoms with Crippen molar-refractivity contribution in [2.24, 2.45) is 0 Å². The van der Waals surface area contributed by atoms with Crippen LogP contribution in [0.2, 0.25) is 0 Å². The minimum absolute atomic E-state index is 0.819. The highest BCUT2D eigenvalue weighted by molar-refractivity contribution is 5.33. The quantitative estimate of drug-likeness (QED) is 0.787. The third-order valence-electron chi connectivity index (χ3n) is 3.58. The second kappa shape index (κ2) is 6.15. The molecule has 0 spiro atoms. The van der Waals surface area contributed by atoms with Gasteiger partial charge in [-0.25, -0.2) is 4.68 Å². The summed E-state index contributed by atoms with van der Waals surface area (Å²) in [5, 5.41) is 11.7.